The molecule has 3 N–H and O–H groups in total. The Kier molecular flexibility index (Phi) is 2.74. The molecule has 5 nitrogen and oxygen atoms in total. The molecule has 0 spiro atoms. The monoisotopic (exact) mass is 239 g/mol. The number of hydrogen-bond acceptors (Lipinski definition) is 4. The number of rotatable bonds is 3. The first kappa shape index (κ1) is 10.9. The van der Waals surface area contributed by atoms with Crippen molar-refractivity contribution in [3.05, 3.63) is 42.5 Å². The molecule has 3 rings (SSSR count). The minimum absolute atomic E-state index is 0.538. The molecule has 0 unspecified atom stereocenters. The van der Waals surface area contributed by atoms with E-state index in [4.69, 9.17) is 5.73 Å². The van der Waals surface area contributed by atoms with Gasteiger partial charge in [0, 0.05) is 29.1 Å². The molecule has 2 aromatic heterocycles. The first-order chi connectivity index (χ1) is 8.86. The second-order valence-electron chi connectivity index (χ2n) is 4.08. The summed E-state index contributed by atoms with van der Waals surface area (Å²) in [4.78, 5) is 7.41. The highest BCUT2D eigenvalue weighted by molar-refractivity contribution is 5.84. The van der Waals surface area contributed by atoms with E-state index in [1.54, 1.807) is 6.20 Å². The maximum absolute atomic E-state index is 5.45. The second kappa shape index (κ2) is 4.54. The maximum atomic E-state index is 5.45. The minimum Gasteiger partial charge on any atom is -0.361 e. The van der Waals surface area contributed by atoms with E-state index in [1.807, 2.05) is 24.4 Å². The van der Waals surface area contributed by atoms with Crippen LogP contribution in [0.2, 0.25) is 0 Å². The molecule has 2 heterocycles. The van der Waals surface area contributed by atoms with Gasteiger partial charge in [0.15, 0.2) is 5.82 Å². The molecule has 0 aliphatic rings. The Morgan fingerprint density at radius 2 is 2.11 bits per heavy atom. The zero-order chi connectivity index (χ0) is 12.4. The summed E-state index contributed by atoms with van der Waals surface area (Å²) in [6.07, 6.45) is 4.32. The lowest BCUT2D eigenvalue weighted by Crippen LogP contribution is -2.07. The van der Waals surface area contributed by atoms with Gasteiger partial charge in [-0.2, -0.15) is 0 Å². The van der Waals surface area contributed by atoms with Gasteiger partial charge in [-0.05, 0) is 24.7 Å². The fourth-order valence-electron chi connectivity index (χ4n) is 1.89. The Bertz CT molecular complexity index is 656. The zero-order valence-electron chi connectivity index (χ0n) is 9.80. The smallest absolute Gasteiger partial charge is 0.152 e. The summed E-state index contributed by atoms with van der Waals surface area (Å²) >= 11 is 0. The SMILES string of the molecule is NCCc1ncc(-c2ccc3[nH]ccc3c2)nn1. The molecule has 0 atom stereocenters. The van der Waals surface area contributed by atoms with Crippen molar-refractivity contribution in [3.63, 3.8) is 0 Å². The average Bonchev–Trinajstić information content (AvgIpc) is 2.87. The van der Waals surface area contributed by atoms with Gasteiger partial charge >= 0.3 is 0 Å². The van der Waals surface area contributed by atoms with Crippen LogP contribution in [0.15, 0.2) is 36.7 Å². The Balaban J connectivity index is 1.97. The lowest BCUT2D eigenvalue weighted by molar-refractivity contribution is 0.813. The average molecular weight is 239 g/mol. The summed E-state index contributed by atoms with van der Waals surface area (Å²) in [5.41, 5.74) is 8.35. The number of benzene rings is 1. The Hall–Kier alpha value is -2.27. The topological polar surface area (TPSA) is 80.5 Å². The standard InChI is InChI=1S/C13H13N5/c14-5-3-13-16-8-12(17-18-13)9-1-2-11-10(7-9)4-6-15-11/h1-2,4,6-8,15H,3,5,14H2. The number of nitrogens with one attached hydrogen (secondary N) is 1. The second-order valence-corrected chi connectivity index (χ2v) is 4.08. The molecule has 0 saturated heterocycles. The van der Waals surface area contributed by atoms with Crippen molar-refractivity contribution in [3.8, 4) is 11.3 Å². The molecular formula is C13H13N5. The van der Waals surface area contributed by atoms with Crippen molar-refractivity contribution in [1.82, 2.24) is 20.2 Å². The van der Waals surface area contributed by atoms with Crippen LogP contribution in [0.4, 0.5) is 0 Å². The molecule has 3 aromatic rings. The molecule has 0 bridgehead atoms. The van der Waals surface area contributed by atoms with Crippen LogP contribution in [0.5, 0.6) is 0 Å². The molecule has 18 heavy (non-hydrogen) atoms. The molecular weight excluding hydrogens is 226 g/mol. The van der Waals surface area contributed by atoms with E-state index in [0.717, 1.165) is 22.2 Å². The highest BCUT2D eigenvalue weighted by Crippen LogP contribution is 2.21. The summed E-state index contributed by atoms with van der Waals surface area (Å²) in [6.45, 7) is 0.538. The molecule has 0 saturated carbocycles. The number of aromatic amines is 1. The van der Waals surface area contributed by atoms with Gasteiger partial charge < -0.3 is 10.7 Å². The van der Waals surface area contributed by atoms with E-state index in [0.29, 0.717) is 18.8 Å². The Morgan fingerprint density at radius 3 is 2.89 bits per heavy atom. The summed E-state index contributed by atoms with van der Waals surface area (Å²) in [7, 11) is 0. The highest BCUT2D eigenvalue weighted by atomic mass is 15.2. The molecule has 0 radical (unpaired) electrons. The summed E-state index contributed by atoms with van der Waals surface area (Å²) in [5.74, 6) is 0.684. The molecule has 0 aliphatic carbocycles. The van der Waals surface area contributed by atoms with Crippen LogP contribution < -0.4 is 5.73 Å². The minimum atomic E-state index is 0.538. The third-order valence-corrected chi connectivity index (χ3v) is 2.83. The van der Waals surface area contributed by atoms with E-state index in [2.05, 4.69) is 26.2 Å². The number of nitrogens with two attached hydrogens (primary N) is 1. The van der Waals surface area contributed by atoms with Gasteiger partial charge in [0.2, 0.25) is 0 Å². The molecule has 5 heteroatoms. The lowest BCUT2D eigenvalue weighted by Gasteiger charge is -2.01. The first-order valence-electron chi connectivity index (χ1n) is 5.83. The zero-order valence-corrected chi connectivity index (χ0v) is 9.80. The maximum Gasteiger partial charge on any atom is 0.152 e. The van der Waals surface area contributed by atoms with Crippen LogP contribution >= 0.6 is 0 Å². The number of nitrogens with zero attached hydrogens (tertiary/aromatic N) is 3. The molecule has 1 aromatic carbocycles. The van der Waals surface area contributed by atoms with E-state index in [-0.39, 0.29) is 0 Å². The fraction of sp³-hybridized carbons (Fsp3) is 0.154. The van der Waals surface area contributed by atoms with Crippen LogP contribution in [0.25, 0.3) is 22.2 Å². The van der Waals surface area contributed by atoms with Gasteiger partial charge in [-0.1, -0.05) is 6.07 Å². The van der Waals surface area contributed by atoms with Crippen molar-refractivity contribution >= 4 is 10.9 Å². The molecule has 90 valence electrons. The largest absolute Gasteiger partial charge is 0.361 e. The third-order valence-electron chi connectivity index (χ3n) is 2.83. The van der Waals surface area contributed by atoms with Crippen molar-refractivity contribution < 1.29 is 0 Å². The van der Waals surface area contributed by atoms with Gasteiger partial charge in [0.1, 0.15) is 5.69 Å². The van der Waals surface area contributed by atoms with Crippen molar-refractivity contribution in [2.24, 2.45) is 5.73 Å². The van der Waals surface area contributed by atoms with Crippen LogP contribution in [0, 0.1) is 0 Å². The van der Waals surface area contributed by atoms with E-state index < -0.39 is 0 Å². The third kappa shape index (κ3) is 1.96. The summed E-state index contributed by atoms with van der Waals surface area (Å²) in [6, 6.07) is 8.13. The van der Waals surface area contributed by atoms with Crippen molar-refractivity contribution in [1.29, 1.82) is 0 Å². The van der Waals surface area contributed by atoms with Crippen LogP contribution in [-0.4, -0.2) is 26.7 Å². The summed E-state index contributed by atoms with van der Waals surface area (Å²) < 4.78 is 0. The van der Waals surface area contributed by atoms with Gasteiger partial charge in [0.25, 0.3) is 0 Å². The van der Waals surface area contributed by atoms with Gasteiger partial charge in [0.05, 0.1) is 6.20 Å². The van der Waals surface area contributed by atoms with Crippen molar-refractivity contribution in [2.75, 3.05) is 6.54 Å². The summed E-state index contributed by atoms with van der Waals surface area (Å²) in [5, 5.41) is 9.40. The number of hydrogen-bond donors (Lipinski definition) is 2. The predicted octanol–water partition coefficient (Wildman–Crippen LogP) is 1.52. The van der Waals surface area contributed by atoms with Gasteiger partial charge in [-0.3, -0.25) is 0 Å². The number of aromatic nitrogens is 4. The highest BCUT2D eigenvalue weighted by Gasteiger charge is 2.03. The first-order valence-corrected chi connectivity index (χ1v) is 5.83. The lowest BCUT2D eigenvalue weighted by atomic mass is 10.1. The van der Waals surface area contributed by atoms with Crippen LogP contribution in [-0.2, 0) is 6.42 Å². The number of fused-ring (bicyclic) bond motifs is 1. The normalized spacial score (nSPS) is 10.9. The predicted molar refractivity (Wildman–Crippen MR) is 69.9 cm³/mol. The fourth-order valence-corrected chi connectivity index (χ4v) is 1.89. The van der Waals surface area contributed by atoms with E-state index >= 15 is 0 Å². The Morgan fingerprint density at radius 1 is 1.17 bits per heavy atom. The van der Waals surface area contributed by atoms with Crippen LogP contribution in [0.3, 0.4) is 0 Å². The molecule has 0 fully saturated rings. The van der Waals surface area contributed by atoms with Gasteiger partial charge in [-0.25, -0.2) is 4.98 Å². The van der Waals surface area contributed by atoms with Gasteiger partial charge in [-0.15, -0.1) is 10.2 Å². The quantitative estimate of drug-likeness (QED) is 0.726. The Labute approximate surface area is 104 Å². The number of H-pyrrole nitrogens is 1. The van der Waals surface area contributed by atoms with Crippen molar-refractivity contribution in [2.45, 2.75) is 6.42 Å². The van der Waals surface area contributed by atoms with E-state index in [9.17, 15) is 0 Å². The molecule has 0 amide bonds. The van der Waals surface area contributed by atoms with E-state index in [1.165, 1.54) is 0 Å². The molecule has 0 aliphatic heterocycles. The van der Waals surface area contributed by atoms with Crippen LogP contribution in [0.1, 0.15) is 5.82 Å².